The van der Waals surface area contributed by atoms with E-state index in [2.05, 4.69) is 19.2 Å². The number of furan rings is 1. The first-order valence-electron chi connectivity index (χ1n) is 10.0. The van der Waals surface area contributed by atoms with E-state index >= 15 is 0 Å². The van der Waals surface area contributed by atoms with Gasteiger partial charge in [-0.1, -0.05) is 49.3 Å². The molecule has 0 saturated heterocycles. The maximum atomic E-state index is 13.2. The molecule has 160 valence electrons. The second-order valence-electron chi connectivity index (χ2n) is 7.65. The summed E-state index contributed by atoms with van der Waals surface area (Å²) in [6.45, 7) is 4.72. The summed E-state index contributed by atoms with van der Waals surface area (Å²) in [6.07, 6.45) is 0.817. The van der Waals surface area contributed by atoms with Crippen molar-refractivity contribution in [1.82, 2.24) is 9.55 Å². The lowest BCUT2D eigenvalue weighted by molar-refractivity contribution is -0.113. The Balaban J connectivity index is 1.64. The number of hydrogen-bond donors (Lipinski definition) is 1. The molecule has 0 atom stereocenters. The fourth-order valence-corrected chi connectivity index (χ4v) is 4.15. The summed E-state index contributed by atoms with van der Waals surface area (Å²) in [5.74, 6) is 0.358. The van der Waals surface area contributed by atoms with E-state index in [1.165, 1.54) is 11.8 Å². The highest BCUT2D eigenvalue weighted by Gasteiger charge is 2.18. The molecule has 0 fully saturated rings. The van der Waals surface area contributed by atoms with Gasteiger partial charge in [-0.15, -0.1) is 0 Å². The quantitative estimate of drug-likeness (QED) is 0.291. The van der Waals surface area contributed by atoms with Crippen molar-refractivity contribution in [2.45, 2.75) is 32.0 Å². The van der Waals surface area contributed by atoms with Crippen LogP contribution in [0.25, 0.3) is 22.1 Å². The number of anilines is 1. The van der Waals surface area contributed by atoms with Crippen molar-refractivity contribution in [3.8, 4) is 0 Å². The third-order valence-corrected chi connectivity index (χ3v) is 6.07. The van der Waals surface area contributed by atoms with Gasteiger partial charge in [-0.25, -0.2) is 4.98 Å². The zero-order valence-corrected chi connectivity index (χ0v) is 18.8. The summed E-state index contributed by atoms with van der Waals surface area (Å²) >= 11 is 7.13. The monoisotopic (exact) mass is 455 g/mol. The van der Waals surface area contributed by atoms with Gasteiger partial charge in [0.1, 0.15) is 11.1 Å². The van der Waals surface area contributed by atoms with Gasteiger partial charge in [0.2, 0.25) is 11.5 Å². The fourth-order valence-electron chi connectivity index (χ4n) is 3.21. The highest BCUT2D eigenvalue weighted by Crippen LogP contribution is 2.27. The van der Waals surface area contributed by atoms with E-state index in [1.807, 2.05) is 24.3 Å². The minimum Gasteiger partial charge on any atom is -0.448 e. The number of para-hydroxylation sites is 1. The Hall–Kier alpha value is -2.77. The number of fused-ring (bicyclic) bond motifs is 3. The predicted molar refractivity (Wildman–Crippen MR) is 126 cm³/mol. The highest BCUT2D eigenvalue weighted by atomic mass is 35.5. The van der Waals surface area contributed by atoms with Crippen molar-refractivity contribution in [3.05, 3.63) is 63.9 Å². The molecule has 0 radical (unpaired) electrons. The van der Waals surface area contributed by atoms with Gasteiger partial charge in [0, 0.05) is 22.6 Å². The van der Waals surface area contributed by atoms with E-state index in [4.69, 9.17) is 21.0 Å². The zero-order chi connectivity index (χ0) is 22.0. The predicted octanol–water partition coefficient (Wildman–Crippen LogP) is 5.57. The van der Waals surface area contributed by atoms with Gasteiger partial charge >= 0.3 is 0 Å². The van der Waals surface area contributed by atoms with E-state index in [1.54, 1.807) is 28.8 Å². The minimum absolute atomic E-state index is 0.123. The van der Waals surface area contributed by atoms with Crippen molar-refractivity contribution in [3.63, 3.8) is 0 Å². The van der Waals surface area contributed by atoms with Gasteiger partial charge in [0.15, 0.2) is 5.16 Å². The molecule has 0 aliphatic heterocycles. The topological polar surface area (TPSA) is 77.1 Å². The first-order valence-corrected chi connectivity index (χ1v) is 11.4. The third kappa shape index (κ3) is 4.78. The van der Waals surface area contributed by atoms with Crippen LogP contribution in [0.5, 0.6) is 0 Å². The number of carbonyl (C=O) groups excluding carboxylic acids is 1. The number of amides is 1. The number of nitrogens with one attached hydrogen (secondary N) is 1. The molecule has 0 saturated carbocycles. The highest BCUT2D eigenvalue weighted by molar-refractivity contribution is 7.99. The maximum absolute atomic E-state index is 13.2. The zero-order valence-electron chi connectivity index (χ0n) is 17.2. The molecule has 4 rings (SSSR count). The number of aromatic nitrogens is 2. The van der Waals surface area contributed by atoms with Crippen molar-refractivity contribution in [2.24, 2.45) is 5.92 Å². The lowest BCUT2D eigenvalue weighted by atomic mass is 10.1. The summed E-state index contributed by atoms with van der Waals surface area (Å²) in [6, 6.07) is 14.4. The molecule has 0 bridgehead atoms. The van der Waals surface area contributed by atoms with Crippen LogP contribution in [-0.4, -0.2) is 21.2 Å². The largest absolute Gasteiger partial charge is 0.448 e. The van der Waals surface area contributed by atoms with Crippen molar-refractivity contribution in [1.29, 1.82) is 0 Å². The Kier molecular flexibility index (Phi) is 6.34. The van der Waals surface area contributed by atoms with Gasteiger partial charge < -0.3 is 9.73 Å². The van der Waals surface area contributed by atoms with Crippen LogP contribution in [0.15, 0.2) is 62.9 Å². The molecular weight excluding hydrogens is 434 g/mol. The van der Waals surface area contributed by atoms with E-state index < -0.39 is 0 Å². The van der Waals surface area contributed by atoms with Gasteiger partial charge in [-0.3, -0.25) is 14.2 Å². The summed E-state index contributed by atoms with van der Waals surface area (Å²) in [7, 11) is 0. The molecule has 0 aliphatic carbocycles. The average molecular weight is 456 g/mol. The normalized spacial score (nSPS) is 11.5. The first kappa shape index (κ1) is 21.5. The number of rotatable bonds is 7. The molecule has 2 aromatic carbocycles. The van der Waals surface area contributed by atoms with E-state index in [-0.39, 0.29) is 22.8 Å². The lowest BCUT2D eigenvalue weighted by Crippen LogP contribution is -2.24. The SMILES string of the molecule is CC(C)CCn1c(SCC(=O)Nc2ccc(Cl)cc2)nc2c(oc3ccccc32)c1=O. The van der Waals surface area contributed by atoms with Crippen LogP contribution in [0, 0.1) is 5.92 Å². The lowest BCUT2D eigenvalue weighted by Gasteiger charge is -2.13. The van der Waals surface area contributed by atoms with Crippen molar-refractivity contribution >= 4 is 57.0 Å². The second kappa shape index (κ2) is 9.16. The van der Waals surface area contributed by atoms with Crippen LogP contribution >= 0.6 is 23.4 Å². The molecule has 4 aromatic rings. The molecule has 31 heavy (non-hydrogen) atoms. The molecule has 1 amide bonds. The van der Waals surface area contributed by atoms with E-state index in [0.29, 0.717) is 39.4 Å². The number of nitrogens with zero attached hydrogens (tertiary/aromatic N) is 2. The van der Waals surface area contributed by atoms with Crippen LogP contribution in [0.2, 0.25) is 5.02 Å². The smallest absolute Gasteiger partial charge is 0.297 e. The molecule has 2 heterocycles. The van der Waals surface area contributed by atoms with Crippen LogP contribution in [0.4, 0.5) is 5.69 Å². The van der Waals surface area contributed by atoms with Gasteiger partial charge in [0.05, 0.1) is 5.75 Å². The number of halogens is 1. The molecule has 0 unspecified atom stereocenters. The van der Waals surface area contributed by atoms with Crippen molar-refractivity contribution < 1.29 is 9.21 Å². The molecular formula is C23H22ClN3O3S. The molecule has 0 spiro atoms. The summed E-state index contributed by atoms with van der Waals surface area (Å²) in [5, 5.41) is 4.74. The summed E-state index contributed by atoms with van der Waals surface area (Å²) < 4.78 is 7.42. The van der Waals surface area contributed by atoms with E-state index in [0.717, 1.165) is 11.8 Å². The standard InChI is InChI=1S/C23H22ClN3O3S/c1-14(2)11-12-27-22(29)21-20(17-5-3-4-6-18(17)30-21)26-23(27)31-13-19(28)25-16-9-7-15(24)8-10-16/h3-10,14H,11-13H2,1-2H3,(H,25,28). The molecule has 2 aromatic heterocycles. The Bertz CT molecular complexity index is 1300. The van der Waals surface area contributed by atoms with Crippen LogP contribution in [0.3, 0.4) is 0 Å². The Morgan fingerprint density at radius 1 is 1.19 bits per heavy atom. The fraction of sp³-hybridized carbons (Fsp3) is 0.261. The number of benzene rings is 2. The van der Waals surface area contributed by atoms with Gasteiger partial charge in [-0.2, -0.15) is 0 Å². The number of carbonyl (C=O) groups is 1. The molecule has 8 heteroatoms. The van der Waals surface area contributed by atoms with Crippen molar-refractivity contribution in [2.75, 3.05) is 11.1 Å². The minimum atomic E-state index is -0.220. The second-order valence-corrected chi connectivity index (χ2v) is 9.03. The van der Waals surface area contributed by atoms with Crippen LogP contribution in [-0.2, 0) is 11.3 Å². The first-order chi connectivity index (χ1) is 14.9. The summed E-state index contributed by atoms with van der Waals surface area (Å²) in [4.78, 5) is 30.4. The third-order valence-electron chi connectivity index (χ3n) is 4.84. The Morgan fingerprint density at radius 3 is 2.68 bits per heavy atom. The van der Waals surface area contributed by atoms with Crippen LogP contribution in [0.1, 0.15) is 20.3 Å². The molecule has 6 nitrogen and oxygen atoms in total. The number of thioether (sulfide) groups is 1. The Morgan fingerprint density at radius 2 is 1.94 bits per heavy atom. The Labute approximate surface area is 188 Å². The molecule has 1 N–H and O–H groups in total. The van der Waals surface area contributed by atoms with Gasteiger partial charge in [-0.05, 0) is 48.7 Å². The average Bonchev–Trinajstić information content (AvgIpc) is 3.12. The van der Waals surface area contributed by atoms with Gasteiger partial charge in [0.25, 0.3) is 5.56 Å². The van der Waals surface area contributed by atoms with Crippen LogP contribution < -0.4 is 10.9 Å². The van der Waals surface area contributed by atoms with E-state index in [9.17, 15) is 9.59 Å². The summed E-state index contributed by atoms with van der Waals surface area (Å²) in [5.41, 5.74) is 1.85. The molecule has 0 aliphatic rings. The number of hydrogen-bond acceptors (Lipinski definition) is 5. The maximum Gasteiger partial charge on any atom is 0.297 e.